The number of esters is 1. The molecule has 0 radical (unpaired) electrons. The summed E-state index contributed by atoms with van der Waals surface area (Å²) >= 11 is 0. The number of alkyl carbamates (subject to hydrolysis) is 1. The van der Waals surface area contributed by atoms with Crippen LogP contribution in [0.3, 0.4) is 0 Å². The van der Waals surface area contributed by atoms with Gasteiger partial charge >= 0.3 is 18.0 Å². The summed E-state index contributed by atoms with van der Waals surface area (Å²) in [5.74, 6) is -1.87. The Bertz CT molecular complexity index is 435. The summed E-state index contributed by atoms with van der Waals surface area (Å²) in [7, 11) is 0. The van der Waals surface area contributed by atoms with E-state index < -0.39 is 30.2 Å². The van der Waals surface area contributed by atoms with Gasteiger partial charge in [-0.3, -0.25) is 9.59 Å². The molecule has 0 aliphatic carbocycles. The largest absolute Gasteiger partial charge is 0.481 e. The molecule has 146 valence electrons. The molecule has 7 nitrogen and oxygen atoms in total. The quantitative estimate of drug-likeness (QED) is 0.433. The minimum Gasteiger partial charge on any atom is -0.481 e. The molecule has 0 saturated carbocycles. The fourth-order valence-corrected chi connectivity index (χ4v) is 2.16. The Morgan fingerprint density at radius 3 is 2.08 bits per heavy atom. The summed E-state index contributed by atoms with van der Waals surface area (Å²) in [5.41, 5.74) is 0. The molecule has 2 N–H and O–H groups in total. The Hall–Kier alpha value is -1.79. The first-order valence-electron chi connectivity index (χ1n) is 8.96. The number of carbonyl (C=O) groups is 3. The lowest BCUT2D eigenvalue weighted by Gasteiger charge is -2.23. The second-order valence-electron chi connectivity index (χ2n) is 7.07. The molecular weight excluding hydrogens is 326 g/mol. The minimum atomic E-state index is -0.927. The van der Waals surface area contributed by atoms with Gasteiger partial charge in [-0.25, -0.2) is 4.79 Å². The van der Waals surface area contributed by atoms with E-state index >= 15 is 0 Å². The number of ether oxygens (including phenoxy) is 2. The highest BCUT2D eigenvalue weighted by Gasteiger charge is 2.24. The van der Waals surface area contributed by atoms with Gasteiger partial charge in [0, 0.05) is 12.5 Å². The van der Waals surface area contributed by atoms with Crippen LogP contribution in [0.15, 0.2) is 0 Å². The smallest absolute Gasteiger partial charge is 0.410 e. The number of hydrogen-bond donors (Lipinski definition) is 2. The molecule has 0 aliphatic heterocycles. The molecule has 0 aromatic heterocycles. The average Bonchev–Trinajstić information content (AvgIpc) is 2.52. The zero-order chi connectivity index (χ0) is 19.6. The van der Waals surface area contributed by atoms with Crippen molar-refractivity contribution in [3.8, 4) is 0 Å². The van der Waals surface area contributed by atoms with Crippen LogP contribution in [0, 0.1) is 23.7 Å². The number of aliphatic carboxylic acids is 1. The van der Waals surface area contributed by atoms with Crippen LogP contribution in [0.1, 0.15) is 60.8 Å². The minimum absolute atomic E-state index is 0.159. The first-order chi connectivity index (χ1) is 11.6. The molecule has 0 fully saturated rings. The van der Waals surface area contributed by atoms with Crippen molar-refractivity contribution >= 4 is 18.0 Å². The summed E-state index contributed by atoms with van der Waals surface area (Å²) in [6.45, 7) is 11.1. The number of carboxylic acids is 1. The van der Waals surface area contributed by atoms with Crippen molar-refractivity contribution in [2.24, 2.45) is 23.7 Å². The first kappa shape index (κ1) is 23.2. The zero-order valence-corrected chi connectivity index (χ0v) is 16.2. The average molecular weight is 359 g/mol. The molecule has 0 aromatic rings. The molecule has 0 spiro atoms. The van der Waals surface area contributed by atoms with Gasteiger partial charge in [-0.2, -0.15) is 0 Å². The van der Waals surface area contributed by atoms with Crippen LogP contribution < -0.4 is 5.32 Å². The lowest BCUT2D eigenvalue weighted by atomic mass is 9.91. The predicted molar refractivity (Wildman–Crippen MR) is 93.9 cm³/mol. The van der Waals surface area contributed by atoms with E-state index in [4.69, 9.17) is 14.6 Å². The molecule has 0 saturated heterocycles. The second kappa shape index (κ2) is 11.7. The van der Waals surface area contributed by atoms with Crippen LogP contribution >= 0.6 is 0 Å². The fourth-order valence-electron chi connectivity index (χ4n) is 2.16. The fraction of sp³-hybridized carbons (Fsp3) is 0.833. The van der Waals surface area contributed by atoms with E-state index in [1.807, 2.05) is 6.92 Å². The predicted octanol–water partition coefficient (Wildman–Crippen LogP) is 3.42. The van der Waals surface area contributed by atoms with E-state index in [-0.39, 0.29) is 17.8 Å². The molecule has 1 amide bonds. The molecule has 0 heterocycles. The molecule has 0 aromatic carbocycles. The van der Waals surface area contributed by atoms with Crippen molar-refractivity contribution in [1.29, 1.82) is 0 Å². The van der Waals surface area contributed by atoms with Crippen molar-refractivity contribution in [1.82, 2.24) is 5.32 Å². The number of nitrogens with one attached hydrogen (secondary N) is 1. The molecule has 3 atom stereocenters. The van der Waals surface area contributed by atoms with E-state index in [0.717, 1.165) is 6.42 Å². The maximum atomic E-state index is 11.9. The van der Waals surface area contributed by atoms with Crippen molar-refractivity contribution in [2.45, 2.75) is 67.1 Å². The van der Waals surface area contributed by atoms with Crippen molar-refractivity contribution in [3.63, 3.8) is 0 Å². The Labute approximate surface area is 150 Å². The van der Waals surface area contributed by atoms with E-state index in [9.17, 15) is 14.4 Å². The summed E-state index contributed by atoms with van der Waals surface area (Å²) in [6, 6.07) is 0. The van der Waals surface area contributed by atoms with E-state index in [2.05, 4.69) is 5.32 Å². The number of carbonyl (C=O) groups excluding carboxylic acids is 2. The van der Waals surface area contributed by atoms with Crippen LogP contribution in [-0.2, 0) is 19.1 Å². The third kappa shape index (κ3) is 9.94. The Morgan fingerprint density at radius 1 is 1.04 bits per heavy atom. The highest BCUT2D eigenvalue weighted by Crippen LogP contribution is 2.19. The van der Waals surface area contributed by atoms with Gasteiger partial charge in [0.05, 0.1) is 11.8 Å². The molecule has 0 rings (SSSR count). The molecule has 7 heteroatoms. The lowest BCUT2D eigenvalue weighted by Crippen LogP contribution is -2.36. The van der Waals surface area contributed by atoms with Crippen molar-refractivity contribution in [3.05, 3.63) is 0 Å². The van der Waals surface area contributed by atoms with Gasteiger partial charge in [0.1, 0.15) is 0 Å². The third-order valence-electron chi connectivity index (χ3n) is 3.98. The first-order valence-corrected chi connectivity index (χ1v) is 8.96. The van der Waals surface area contributed by atoms with E-state index in [0.29, 0.717) is 19.4 Å². The second-order valence-corrected chi connectivity index (χ2v) is 7.07. The normalized spacial score (nSPS) is 14.7. The maximum Gasteiger partial charge on any atom is 0.410 e. The zero-order valence-electron chi connectivity index (χ0n) is 16.2. The standard InChI is InChI=1S/C18H33NO6/c1-7-14(10-13(6)15(20)21)8-9-19-18(23)25-17(12(4)5)24-16(22)11(2)3/h11-14,17H,7-10H2,1-6H3,(H,19,23)(H,20,21)/t13-,14?,17+/m0/s1. The van der Waals surface area contributed by atoms with Gasteiger partial charge in [0.25, 0.3) is 6.29 Å². The van der Waals surface area contributed by atoms with Crippen molar-refractivity contribution in [2.75, 3.05) is 6.54 Å². The summed E-state index contributed by atoms with van der Waals surface area (Å²) < 4.78 is 10.4. The topological polar surface area (TPSA) is 102 Å². The van der Waals surface area contributed by atoms with E-state index in [1.165, 1.54) is 0 Å². The Kier molecular flexibility index (Phi) is 10.9. The highest BCUT2D eigenvalue weighted by atomic mass is 16.7. The lowest BCUT2D eigenvalue weighted by molar-refractivity contribution is -0.178. The van der Waals surface area contributed by atoms with Gasteiger partial charge < -0.3 is 19.9 Å². The van der Waals surface area contributed by atoms with Gasteiger partial charge in [-0.1, -0.05) is 48.0 Å². The van der Waals surface area contributed by atoms with Crippen LogP contribution in [0.5, 0.6) is 0 Å². The SMILES string of the molecule is CCC(CCNC(=O)O[C@@H](OC(=O)C(C)C)C(C)C)C[C@H](C)C(=O)O. The third-order valence-corrected chi connectivity index (χ3v) is 3.98. The molecular formula is C18H33NO6. The van der Waals surface area contributed by atoms with Crippen LogP contribution in [-0.4, -0.2) is 36.0 Å². The molecule has 0 bridgehead atoms. The number of hydrogen-bond acceptors (Lipinski definition) is 5. The van der Waals surface area contributed by atoms with Gasteiger partial charge in [0.2, 0.25) is 0 Å². The number of amides is 1. The Morgan fingerprint density at radius 2 is 1.64 bits per heavy atom. The summed E-state index contributed by atoms with van der Waals surface area (Å²) in [6.07, 6.45) is 0.514. The number of carboxylic acid groups (broad SMARTS) is 1. The van der Waals surface area contributed by atoms with E-state index in [1.54, 1.807) is 34.6 Å². The molecule has 0 aliphatic rings. The monoisotopic (exact) mass is 359 g/mol. The maximum absolute atomic E-state index is 11.9. The van der Waals surface area contributed by atoms with Crippen LogP contribution in [0.2, 0.25) is 0 Å². The van der Waals surface area contributed by atoms with Crippen LogP contribution in [0.25, 0.3) is 0 Å². The van der Waals surface area contributed by atoms with Gasteiger partial charge in [-0.15, -0.1) is 0 Å². The molecule has 25 heavy (non-hydrogen) atoms. The summed E-state index contributed by atoms with van der Waals surface area (Å²) in [4.78, 5) is 34.5. The van der Waals surface area contributed by atoms with Crippen molar-refractivity contribution < 1.29 is 29.0 Å². The summed E-state index contributed by atoms with van der Waals surface area (Å²) in [5, 5.41) is 11.6. The van der Waals surface area contributed by atoms with Gasteiger partial charge in [-0.05, 0) is 18.8 Å². The van der Waals surface area contributed by atoms with Gasteiger partial charge in [0.15, 0.2) is 0 Å². The highest BCUT2D eigenvalue weighted by molar-refractivity contribution is 5.72. The van der Waals surface area contributed by atoms with Crippen LogP contribution in [0.4, 0.5) is 4.79 Å². The number of rotatable bonds is 11. The molecule has 1 unspecified atom stereocenters. The Balaban J connectivity index is 4.34.